The molecular weight excluding hydrogens is 318 g/mol. The van der Waals surface area contributed by atoms with Crippen molar-refractivity contribution in [3.8, 4) is 16.9 Å². The number of fused-ring (bicyclic) bond motifs is 3. The van der Waals surface area contributed by atoms with E-state index in [0.29, 0.717) is 0 Å². The fourth-order valence-corrected chi connectivity index (χ4v) is 4.19. The van der Waals surface area contributed by atoms with Gasteiger partial charge in [-0.25, -0.2) is 9.55 Å². The number of nitrogens with zero attached hydrogens (tertiary/aromatic N) is 3. The summed E-state index contributed by atoms with van der Waals surface area (Å²) in [6.45, 7) is 11.4. The number of aromatic nitrogens is 3. The maximum absolute atomic E-state index is 4.53. The Kier molecular flexibility index (Phi) is 3.80. The lowest BCUT2D eigenvalue weighted by Crippen LogP contribution is -2.32. The smallest absolute Gasteiger partial charge is 0.213 e. The van der Waals surface area contributed by atoms with Gasteiger partial charge in [-0.3, -0.25) is 0 Å². The highest BCUT2D eigenvalue weighted by Crippen LogP contribution is 2.37. The number of pyridine rings is 1. The van der Waals surface area contributed by atoms with Crippen molar-refractivity contribution in [2.45, 2.75) is 47.5 Å². The lowest BCUT2D eigenvalue weighted by atomic mass is 9.85. The van der Waals surface area contributed by atoms with Gasteiger partial charge < -0.3 is 4.57 Å². The van der Waals surface area contributed by atoms with Crippen LogP contribution in [0.5, 0.6) is 0 Å². The van der Waals surface area contributed by atoms with E-state index in [1.54, 1.807) is 0 Å². The van der Waals surface area contributed by atoms with Crippen LogP contribution in [0, 0.1) is 19.3 Å². The number of aryl methyl sites for hydroxylation is 3. The second kappa shape index (κ2) is 5.80. The molecule has 1 aliphatic heterocycles. The average Bonchev–Trinajstić information content (AvgIpc) is 3.10. The van der Waals surface area contributed by atoms with Gasteiger partial charge in [0.2, 0.25) is 5.69 Å². The summed E-state index contributed by atoms with van der Waals surface area (Å²) in [5, 5.41) is 0. The summed E-state index contributed by atoms with van der Waals surface area (Å²) in [5.41, 5.74) is 9.75. The Bertz CT molecular complexity index is 1000. The van der Waals surface area contributed by atoms with Crippen LogP contribution in [0.15, 0.2) is 36.8 Å². The van der Waals surface area contributed by atoms with Gasteiger partial charge in [0.25, 0.3) is 0 Å². The molecule has 134 valence electrons. The first-order valence-corrected chi connectivity index (χ1v) is 9.39. The highest BCUT2D eigenvalue weighted by Gasteiger charge is 2.27. The van der Waals surface area contributed by atoms with E-state index < -0.39 is 0 Å². The molecule has 0 unspecified atom stereocenters. The quantitative estimate of drug-likeness (QED) is 0.491. The molecule has 0 aliphatic carbocycles. The van der Waals surface area contributed by atoms with Crippen molar-refractivity contribution >= 4 is 0 Å². The topological polar surface area (TPSA) is 21.7 Å². The third kappa shape index (κ3) is 2.76. The Morgan fingerprint density at radius 2 is 1.92 bits per heavy atom. The molecule has 0 bridgehead atoms. The van der Waals surface area contributed by atoms with E-state index in [2.05, 4.69) is 86.4 Å². The molecule has 0 saturated carbocycles. The molecule has 3 aromatic rings. The molecular formula is C23H28N3+. The molecule has 3 heteroatoms. The van der Waals surface area contributed by atoms with Crippen molar-refractivity contribution in [2.24, 2.45) is 12.5 Å². The minimum atomic E-state index is 0.276. The van der Waals surface area contributed by atoms with Crippen LogP contribution < -0.4 is 4.57 Å². The first kappa shape index (κ1) is 17.0. The molecule has 0 N–H and O–H groups in total. The van der Waals surface area contributed by atoms with E-state index in [1.807, 2.05) is 6.20 Å². The molecule has 0 fully saturated rings. The highest BCUT2D eigenvalue weighted by molar-refractivity contribution is 5.73. The fraction of sp³-hybridized carbons (Fsp3) is 0.391. The normalized spacial score (nSPS) is 13.0. The van der Waals surface area contributed by atoms with Crippen LogP contribution in [0.4, 0.5) is 0 Å². The summed E-state index contributed by atoms with van der Waals surface area (Å²) in [5.74, 6) is 1.14. The lowest BCUT2D eigenvalue weighted by molar-refractivity contribution is -0.660. The second-order valence-electron chi connectivity index (χ2n) is 8.86. The van der Waals surface area contributed by atoms with Gasteiger partial charge in [-0.05, 0) is 48.4 Å². The maximum atomic E-state index is 4.53. The summed E-state index contributed by atoms with van der Waals surface area (Å²) in [4.78, 5) is 4.53. The monoisotopic (exact) mass is 346 g/mol. The fourth-order valence-electron chi connectivity index (χ4n) is 4.19. The molecule has 26 heavy (non-hydrogen) atoms. The summed E-state index contributed by atoms with van der Waals surface area (Å²) in [7, 11) is 2.16. The zero-order valence-electron chi connectivity index (χ0n) is 16.7. The van der Waals surface area contributed by atoms with Crippen molar-refractivity contribution in [3.05, 3.63) is 64.9 Å². The molecule has 4 rings (SSSR count). The number of rotatable bonds is 2. The Morgan fingerprint density at radius 1 is 1.15 bits per heavy atom. The predicted molar refractivity (Wildman–Crippen MR) is 106 cm³/mol. The lowest BCUT2D eigenvalue weighted by Gasteiger charge is -2.20. The minimum absolute atomic E-state index is 0.276. The summed E-state index contributed by atoms with van der Waals surface area (Å²) in [6.07, 6.45) is 8.23. The molecule has 3 nitrogen and oxygen atoms in total. The van der Waals surface area contributed by atoms with Crippen molar-refractivity contribution in [1.29, 1.82) is 0 Å². The van der Waals surface area contributed by atoms with Crippen molar-refractivity contribution in [2.75, 3.05) is 0 Å². The Balaban J connectivity index is 1.91. The number of hydrogen-bond donors (Lipinski definition) is 0. The first-order chi connectivity index (χ1) is 12.2. The molecule has 0 saturated heterocycles. The predicted octanol–water partition coefficient (Wildman–Crippen LogP) is 4.47. The highest BCUT2D eigenvalue weighted by atomic mass is 15.1. The van der Waals surface area contributed by atoms with Crippen LogP contribution in [-0.4, -0.2) is 9.55 Å². The van der Waals surface area contributed by atoms with Crippen molar-refractivity contribution in [1.82, 2.24) is 9.55 Å². The largest absolute Gasteiger partial charge is 0.303 e. The first-order valence-electron chi connectivity index (χ1n) is 9.39. The molecule has 0 radical (unpaired) electrons. The number of imidazole rings is 1. The van der Waals surface area contributed by atoms with E-state index >= 15 is 0 Å². The van der Waals surface area contributed by atoms with Crippen LogP contribution in [0.2, 0.25) is 0 Å². The van der Waals surface area contributed by atoms with Gasteiger partial charge in [0.05, 0.1) is 11.3 Å². The van der Waals surface area contributed by atoms with Crippen LogP contribution >= 0.6 is 0 Å². The van der Waals surface area contributed by atoms with E-state index in [0.717, 1.165) is 18.7 Å². The number of hydrogen-bond acceptors (Lipinski definition) is 1. The third-order valence-corrected chi connectivity index (χ3v) is 5.37. The van der Waals surface area contributed by atoms with E-state index in [-0.39, 0.29) is 5.41 Å². The van der Waals surface area contributed by atoms with Gasteiger partial charge in [0.1, 0.15) is 12.9 Å². The summed E-state index contributed by atoms with van der Waals surface area (Å²) < 4.78 is 4.51. The zero-order valence-corrected chi connectivity index (χ0v) is 16.7. The maximum Gasteiger partial charge on any atom is 0.213 e. The van der Waals surface area contributed by atoms with Crippen molar-refractivity contribution < 1.29 is 4.57 Å². The Morgan fingerprint density at radius 3 is 2.65 bits per heavy atom. The van der Waals surface area contributed by atoms with Gasteiger partial charge >= 0.3 is 0 Å². The van der Waals surface area contributed by atoms with Crippen LogP contribution in [0.25, 0.3) is 16.9 Å². The molecule has 0 atom stereocenters. The Hall–Kier alpha value is -2.42. The summed E-state index contributed by atoms with van der Waals surface area (Å²) in [6, 6.07) is 6.88. The van der Waals surface area contributed by atoms with Gasteiger partial charge in [-0.1, -0.05) is 26.8 Å². The van der Waals surface area contributed by atoms with Gasteiger partial charge in [-0.15, -0.1) is 0 Å². The molecule has 2 aromatic heterocycles. The average molecular weight is 346 g/mol. The van der Waals surface area contributed by atoms with Gasteiger partial charge in [-0.2, -0.15) is 0 Å². The van der Waals surface area contributed by atoms with E-state index in [9.17, 15) is 0 Å². The second-order valence-corrected chi connectivity index (χ2v) is 8.86. The minimum Gasteiger partial charge on any atom is -0.303 e. The van der Waals surface area contributed by atoms with Crippen LogP contribution in [-0.2, 0) is 19.9 Å². The number of benzene rings is 1. The van der Waals surface area contributed by atoms with E-state index in [1.165, 1.54) is 39.2 Å². The van der Waals surface area contributed by atoms with Crippen LogP contribution in [0.3, 0.4) is 0 Å². The zero-order chi connectivity index (χ0) is 18.6. The standard InChI is InChI=1S/C23H28N3/c1-15-7-8-19-18(12-21-24-9-10-26(19)21)22(15)20-11-17(13-23(3,4)5)16(2)14-25(20)6/h7-11,14H,12-13H2,1-6H3/q+1. The molecule has 0 amide bonds. The molecule has 3 heterocycles. The van der Waals surface area contributed by atoms with E-state index in [4.69, 9.17) is 0 Å². The third-order valence-electron chi connectivity index (χ3n) is 5.37. The van der Waals surface area contributed by atoms with Gasteiger partial charge in [0, 0.05) is 30.4 Å². The van der Waals surface area contributed by atoms with Crippen LogP contribution in [0.1, 0.15) is 48.8 Å². The molecule has 1 aliphatic rings. The Labute approximate surface area is 156 Å². The summed E-state index contributed by atoms with van der Waals surface area (Å²) >= 11 is 0. The molecule has 1 aromatic carbocycles. The SMILES string of the molecule is Cc1c[n+](C)c(-c2c(C)ccc3c2Cc2nccn2-3)cc1CC(C)(C)C. The molecule has 0 spiro atoms. The van der Waals surface area contributed by atoms with Crippen molar-refractivity contribution in [3.63, 3.8) is 0 Å². The van der Waals surface area contributed by atoms with Gasteiger partial charge in [0.15, 0.2) is 6.20 Å².